The second kappa shape index (κ2) is 5.01. The second-order valence-corrected chi connectivity index (χ2v) is 5.72. The Morgan fingerprint density at radius 3 is 3.05 bits per heavy atom. The molecular weight excluding hydrogens is 274 g/mol. The summed E-state index contributed by atoms with van der Waals surface area (Å²) >= 11 is 1.66. The molecule has 6 nitrogen and oxygen atoms in total. The number of fused-ring (bicyclic) bond motifs is 1. The van der Waals surface area contributed by atoms with Gasteiger partial charge in [-0.25, -0.2) is 9.97 Å². The highest BCUT2D eigenvalue weighted by atomic mass is 32.1. The third-order valence-electron chi connectivity index (χ3n) is 2.89. The zero-order valence-corrected chi connectivity index (χ0v) is 11.7. The highest BCUT2D eigenvalue weighted by Crippen LogP contribution is 2.25. The van der Waals surface area contributed by atoms with Crippen molar-refractivity contribution in [3.8, 4) is 11.4 Å². The highest BCUT2D eigenvalue weighted by Gasteiger charge is 2.09. The Kier molecular flexibility index (Phi) is 3.19. The van der Waals surface area contributed by atoms with E-state index in [0.29, 0.717) is 18.1 Å². The highest BCUT2D eigenvalue weighted by molar-refractivity contribution is 7.18. The molecular formula is C13H13N5OS. The molecule has 0 bridgehead atoms. The van der Waals surface area contributed by atoms with Crippen molar-refractivity contribution in [1.29, 1.82) is 0 Å². The summed E-state index contributed by atoms with van der Waals surface area (Å²) in [4.78, 5) is 19.6. The lowest BCUT2D eigenvalue weighted by atomic mass is 10.2. The maximum Gasteiger partial charge on any atom is 0.217 e. The van der Waals surface area contributed by atoms with Gasteiger partial charge in [-0.05, 0) is 25.1 Å². The topological polar surface area (TPSA) is 97.5 Å². The van der Waals surface area contributed by atoms with Crippen molar-refractivity contribution >= 4 is 27.5 Å². The first-order chi connectivity index (χ1) is 9.61. The summed E-state index contributed by atoms with van der Waals surface area (Å²) in [7, 11) is 0. The first kappa shape index (κ1) is 12.7. The van der Waals surface area contributed by atoms with Crippen LogP contribution < -0.4 is 5.73 Å². The normalized spacial score (nSPS) is 11.1. The number of nitrogens with zero attached hydrogens (tertiary/aromatic N) is 3. The number of hydrogen-bond acceptors (Lipinski definition) is 5. The molecule has 0 aliphatic heterocycles. The van der Waals surface area contributed by atoms with Crippen LogP contribution in [0.4, 0.5) is 0 Å². The van der Waals surface area contributed by atoms with Crippen LogP contribution in [0.1, 0.15) is 17.3 Å². The number of aromatic nitrogens is 4. The van der Waals surface area contributed by atoms with Gasteiger partial charge in [-0.15, -0.1) is 11.3 Å². The molecule has 2 heterocycles. The van der Waals surface area contributed by atoms with Crippen molar-refractivity contribution in [3.63, 3.8) is 0 Å². The lowest BCUT2D eigenvalue weighted by Gasteiger charge is -1.94. The largest absolute Gasteiger partial charge is 0.370 e. The van der Waals surface area contributed by atoms with Crippen molar-refractivity contribution in [2.24, 2.45) is 5.73 Å². The van der Waals surface area contributed by atoms with Gasteiger partial charge in [0.15, 0.2) is 5.82 Å². The summed E-state index contributed by atoms with van der Waals surface area (Å²) < 4.78 is 1.15. The number of H-pyrrole nitrogens is 1. The van der Waals surface area contributed by atoms with Gasteiger partial charge in [0.1, 0.15) is 5.82 Å². The molecule has 0 aliphatic carbocycles. The van der Waals surface area contributed by atoms with E-state index in [1.165, 1.54) is 0 Å². The molecule has 0 atom stereocenters. The molecule has 3 N–H and O–H groups in total. The fraction of sp³-hybridized carbons (Fsp3) is 0.231. The van der Waals surface area contributed by atoms with Crippen LogP contribution in [0.2, 0.25) is 0 Å². The molecule has 0 saturated carbocycles. The molecule has 1 amide bonds. The number of aromatic amines is 1. The monoisotopic (exact) mass is 287 g/mol. The zero-order valence-electron chi connectivity index (χ0n) is 10.9. The number of carbonyl (C=O) groups excluding carboxylic acids is 1. The van der Waals surface area contributed by atoms with E-state index >= 15 is 0 Å². The Balaban J connectivity index is 1.88. The average Bonchev–Trinajstić information content (AvgIpc) is 3.00. The van der Waals surface area contributed by atoms with Crippen molar-refractivity contribution in [2.75, 3.05) is 0 Å². The SMILES string of the molecule is Cc1nc2cc(-c3n[nH]c(CCC(N)=O)n3)ccc2s1. The fourth-order valence-corrected chi connectivity index (χ4v) is 2.77. The van der Waals surface area contributed by atoms with Crippen LogP contribution in [-0.2, 0) is 11.2 Å². The van der Waals surface area contributed by atoms with E-state index in [0.717, 1.165) is 20.8 Å². The van der Waals surface area contributed by atoms with Gasteiger partial charge < -0.3 is 5.73 Å². The smallest absolute Gasteiger partial charge is 0.217 e. The van der Waals surface area contributed by atoms with Crippen LogP contribution in [0.25, 0.3) is 21.6 Å². The summed E-state index contributed by atoms with van der Waals surface area (Å²) in [6.07, 6.45) is 0.735. The van der Waals surface area contributed by atoms with Crippen molar-refractivity contribution in [2.45, 2.75) is 19.8 Å². The minimum atomic E-state index is -0.345. The van der Waals surface area contributed by atoms with E-state index in [1.807, 2.05) is 25.1 Å². The number of nitrogens with one attached hydrogen (secondary N) is 1. The number of aryl methyl sites for hydroxylation is 2. The molecule has 2 aromatic heterocycles. The number of hydrogen-bond donors (Lipinski definition) is 2. The van der Waals surface area contributed by atoms with Crippen LogP contribution in [-0.4, -0.2) is 26.1 Å². The van der Waals surface area contributed by atoms with Gasteiger partial charge in [0, 0.05) is 18.4 Å². The van der Waals surface area contributed by atoms with Crippen molar-refractivity contribution in [1.82, 2.24) is 20.2 Å². The van der Waals surface area contributed by atoms with Crippen molar-refractivity contribution < 1.29 is 4.79 Å². The predicted molar refractivity (Wildman–Crippen MR) is 77.2 cm³/mol. The first-order valence-corrected chi connectivity index (χ1v) is 7.00. The predicted octanol–water partition coefficient (Wildman–Crippen LogP) is 1.81. The lowest BCUT2D eigenvalue weighted by Crippen LogP contribution is -2.11. The quantitative estimate of drug-likeness (QED) is 0.764. The van der Waals surface area contributed by atoms with E-state index < -0.39 is 0 Å². The summed E-state index contributed by atoms with van der Waals surface area (Å²) in [6.45, 7) is 1.99. The van der Waals surface area contributed by atoms with Gasteiger partial charge in [0.25, 0.3) is 0 Å². The average molecular weight is 287 g/mol. The molecule has 3 rings (SSSR count). The van der Waals surface area contributed by atoms with Gasteiger partial charge in [-0.1, -0.05) is 0 Å². The fourth-order valence-electron chi connectivity index (χ4n) is 1.96. The van der Waals surface area contributed by atoms with E-state index in [2.05, 4.69) is 20.2 Å². The Hall–Kier alpha value is -2.28. The summed E-state index contributed by atoms with van der Waals surface area (Å²) in [5.74, 6) is 0.924. The number of rotatable bonds is 4. The number of carbonyl (C=O) groups is 1. The summed E-state index contributed by atoms with van der Waals surface area (Å²) in [5.41, 5.74) is 6.97. The van der Waals surface area contributed by atoms with Crippen molar-refractivity contribution in [3.05, 3.63) is 29.0 Å². The van der Waals surface area contributed by atoms with E-state index in [1.54, 1.807) is 11.3 Å². The molecule has 3 aromatic rings. The van der Waals surface area contributed by atoms with Crippen LogP contribution in [0, 0.1) is 6.92 Å². The van der Waals surface area contributed by atoms with Gasteiger partial charge >= 0.3 is 0 Å². The van der Waals surface area contributed by atoms with Crippen LogP contribution in [0.15, 0.2) is 18.2 Å². The Labute approximate surface area is 119 Å². The molecule has 0 saturated heterocycles. The molecule has 102 valence electrons. The molecule has 0 aliphatic rings. The van der Waals surface area contributed by atoms with E-state index in [9.17, 15) is 4.79 Å². The molecule has 0 fully saturated rings. The van der Waals surface area contributed by atoms with E-state index in [4.69, 9.17) is 5.73 Å². The molecule has 0 spiro atoms. The summed E-state index contributed by atoms with van der Waals surface area (Å²) in [6, 6.07) is 5.97. The van der Waals surface area contributed by atoms with Crippen LogP contribution in [0.3, 0.4) is 0 Å². The van der Waals surface area contributed by atoms with E-state index in [-0.39, 0.29) is 12.3 Å². The minimum Gasteiger partial charge on any atom is -0.370 e. The number of nitrogens with two attached hydrogens (primary N) is 1. The Bertz CT molecular complexity index is 776. The standard InChI is InChI=1S/C13H13N5OS/c1-7-15-9-6-8(2-3-10(9)20-7)13-16-12(17-18-13)5-4-11(14)19/h2-3,6H,4-5H2,1H3,(H2,14,19)(H,16,17,18). The number of amides is 1. The Morgan fingerprint density at radius 1 is 1.40 bits per heavy atom. The maximum atomic E-state index is 10.8. The van der Waals surface area contributed by atoms with Crippen LogP contribution >= 0.6 is 11.3 Å². The third-order valence-corrected chi connectivity index (χ3v) is 3.84. The van der Waals surface area contributed by atoms with Gasteiger partial charge in [0.2, 0.25) is 5.91 Å². The number of thiazole rings is 1. The maximum absolute atomic E-state index is 10.8. The van der Waals surface area contributed by atoms with Gasteiger partial charge in [-0.3, -0.25) is 9.89 Å². The first-order valence-electron chi connectivity index (χ1n) is 6.19. The number of benzene rings is 1. The second-order valence-electron chi connectivity index (χ2n) is 4.49. The lowest BCUT2D eigenvalue weighted by molar-refractivity contribution is -0.118. The number of primary amides is 1. The summed E-state index contributed by atoms with van der Waals surface area (Å²) in [5, 5.41) is 8.03. The van der Waals surface area contributed by atoms with Gasteiger partial charge in [0.05, 0.1) is 15.2 Å². The zero-order chi connectivity index (χ0) is 14.1. The minimum absolute atomic E-state index is 0.263. The Morgan fingerprint density at radius 2 is 2.25 bits per heavy atom. The third kappa shape index (κ3) is 2.53. The molecule has 7 heteroatoms. The molecule has 0 radical (unpaired) electrons. The molecule has 20 heavy (non-hydrogen) atoms. The molecule has 0 unspecified atom stereocenters. The van der Waals surface area contributed by atoms with Gasteiger partial charge in [-0.2, -0.15) is 5.10 Å². The van der Waals surface area contributed by atoms with Crippen LogP contribution in [0.5, 0.6) is 0 Å². The molecule has 1 aromatic carbocycles.